The highest BCUT2D eigenvalue weighted by Crippen LogP contribution is 2.33. The van der Waals surface area contributed by atoms with Gasteiger partial charge in [-0.2, -0.15) is 13.2 Å². The minimum Gasteiger partial charge on any atom is -0.344 e. The first kappa shape index (κ1) is 20.9. The molecule has 1 heterocycles. The molecule has 4 atom stereocenters. The van der Waals surface area contributed by atoms with E-state index in [9.17, 15) is 22.8 Å². The summed E-state index contributed by atoms with van der Waals surface area (Å²) in [6, 6.07) is 14.4. The van der Waals surface area contributed by atoms with E-state index in [0.29, 0.717) is 0 Å². The molecule has 2 N–H and O–H groups in total. The second-order valence-electron chi connectivity index (χ2n) is 7.56. The largest absolute Gasteiger partial charge is 0.408 e. The summed E-state index contributed by atoms with van der Waals surface area (Å²) in [4.78, 5) is 25.3. The molecule has 2 aromatic carbocycles. The Morgan fingerprint density at radius 3 is 2.21 bits per heavy atom. The molecule has 7 heteroatoms. The van der Waals surface area contributed by atoms with Gasteiger partial charge in [0.05, 0.1) is 6.04 Å². The average molecular weight is 404 g/mol. The van der Waals surface area contributed by atoms with E-state index in [2.05, 4.69) is 5.32 Å². The third kappa shape index (κ3) is 4.78. The first-order valence-electron chi connectivity index (χ1n) is 9.46. The van der Waals surface area contributed by atoms with Crippen LogP contribution in [0.2, 0.25) is 0 Å². The normalized spacial score (nSPS) is 23.2. The Kier molecular flexibility index (Phi) is 5.96. The smallest absolute Gasteiger partial charge is 0.344 e. The summed E-state index contributed by atoms with van der Waals surface area (Å²) < 4.78 is 39.0. The number of aryl methyl sites for hydroxylation is 1. The maximum atomic E-state index is 13.0. The van der Waals surface area contributed by atoms with E-state index < -0.39 is 41.9 Å². The first-order valence-corrected chi connectivity index (χ1v) is 9.46. The van der Waals surface area contributed by atoms with Crippen molar-refractivity contribution in [3.8, 4) is 0 Å². The Hall–Kier alpha value is -2.83. The summed E-state index contributed by atoms with van der Waals surface area (Å²) >= 11 is 0. The van der Waals surface area contributed by atoms with Crippen molar-refractivity contribution >= 4 is 11.8 Å². The monoisotopic (exact) mass is 404 g/mol. The lowest BCUT2D eigenvalue weighted by Gasteiger charge is -2.35. The zero-order valence-electron chi connectivity index (χ0n) is 16.2. The van der Waals surface area contributed by atoms with Crippen molar-refractivity contribution < 1.29 is 22.8 Å². The van der Waals surface area contributed by atoms with Crippen LogP contribution in [0.25, 0.3) is 0 Å². The molecule has 1 aliphatic rings. The lowest BCUT2D eigenvalue weighted by Crippen LogP contribution is -2.57. The molecule has 2 aromatic rings. The second kappa shape index (κ2) is 8.27. The minimum atomic E-state index is -4.53. The molecule has 1 saturated heterocycles. The van der Waals surface area contributed by atoms with E-state index in [4.69, 9.17) is 0 Å². The SMILES string of the molecule is Cc1ccc(C(NC(=O)C2C(=O)NC(C(F)(F)F)CC2C)c2ccccc2)cc1. The zero-order valence-corrected chi connectivity index (χ0v) is 16.2. The van der Waals surface area contributed by atoms with Crippen molar-refractivity contribution in [1.29, 1.82) is 0 Å². The molecule has 0 aromatic heterocycles. The van der Waals surface area contributed by atoms with Crippen LogP contribution in [0.15, 0.2) is 54.6 Å². The van der Waals surface area contributed by atoms with Crippen molar-refractivity contribution in [3.63, 3.8) is 0 Å². The fourth-order valence-electron chi connectivity index (χ4n) is 3.68. The number of nitrogens with one attached hydrogen (secondary N) is 2. The second-order valence-corrected chi connectivity index (χ2v) is 7.56. The minimum absolute atomic E-state index is 0.326. The van der Waals surface area contributed by atoms with Crippen LogP contribution in [-0.4, -0.2) is 24.0 Å². The van der Waals surface area contributed by atoms with E-state index in [0.717, 1.165) is 16.7 Å². The number of hydrogen-bond acceptors (Lipinski definition) is 2. The number of alkyl halides is 3. The van der Waals surface area contributed by atoms with Crippen LogP contribution >= 0.6 is 0 Å². The Labute approximate surface area is 167 Å². The molecule has 2 amide bonds. The highest BCUT2D eigenvalue weighted by molar-refractivity contribution is 6.01. The van der Waals surface area contributed by atoms with Crippen LogP contribution < -0.4 is 10.6 Å². The van der Waals surface area contributed by atoms with Crippen LogP contribution in [0.3, 0.4) is 0 Å². The maximum absolute atomic E-state index is 13.0. The van der Waals surface area contributed by atoms with Gasteiger partial charge in [0.15, 0.2) is 0 Å². The van der Waals surface area contributed by atoms with Gasteiger partial charge in [-0.1, -0.05) is 67.1 Å². The number of halogens is 3. The van der Waals surface area contributed by atoms with Crippen molar-refractivity contribution in [2.45, 2.75) is 38.5 Å². The summed E-state index contributed by atoms with van der Waals surface area (Å²) in [6.45, 7) is 3.45. The van der Waals surface area contributed by atoms with E-state index in [-0.39, 0.29) is 6.42 Å². The Morgan fingerprint density at radius 2 is 1.66 bits per heavy atom. The third-order valence-corrected chi connectivity index (χ3v) is 5.28. The van der Waals surface area contributed by atoms with Crippen LogP contribution in [0, 0.1) is 18.8 Å². The van der Waals surface area contributed by atoms with E-state index in [1.165, 1.54) is 6.92 Å². The van der Waals surface area contributed by atoms with Crippen LogP contribution in [-0.2, 0) is 9.59 Å². The number of amides is 2. The summed E-state index contributed by atoms with van der Waals surface area (Å²) in [6.07, 6.45) is -4.85. The average Bonchev–Trinajstić information content (AvgIpc) is 2.66. The molecule has 4 nitrogen and oxygen atoms in total. The van der Waals surface area contributed by atoms with Crippen LogP contribution in [0.5, 0.6) is 0 Å². The molecule has 1 fully saturated rings. The van der Waals surface area contributed by atoms with Gasteiger partial charge < -0.3 is 10.6 Å². The Balaban J connectivity index is 1.83. The predicted molar refractivity (Wildman–Crippen MR) is 103 cm³/mol. The number of carbonyl (C=O) groups excluding carboxylic acids is 2. The van der Waals surface area contributed by atoms with Crippen molar-refractivity contribution in [3.05, 3.63) is 71.3 Å². The van der Waals surface area contributed by atoms with Gasteiger partial charge in [-0.3, -0.25) is 9.59 Å². The van der Waals surface area contributed by atoms with Gasteiger partial charge in [-0.05, 0) is 30.4 Å². The topological polar surface area (TPSA) is 58.2 Å². The third-order valence-electron chi connectivity index (χ3n) is 5.28. The van der Waals surface area contributed by atoms with Gasteiger partial charge in [0, 0.05) is 0 Å². The molecule has 154 valence electrons. The molecule has 4 unspecified atom stereocenters. The number of hydrogen-bond donors (Lipinski definition) is 2. The van der Waals surface area contributed by atoms with Crippen molar-refractivity contribution in [1.82, 2.24) is 10.6 Å². The number of carbonyl (C=O) groups is 2. The molecule has 1 aliphatic heterocycles. The molecule has 29 heavy (non-hydrogen) atoms. The van der Waals surface area contributed by atoms with E-state index in [1.54, 1.807) is 0 Å². The lowest BCUT2D eigenvalue weighted by molar-refractivity contribution is -0.175. The van der Waals surface area contributed by atoms with E-state index in [1.807, 2.05) is 66.8 Å². The molecule has 0 radical (unpaired) electrons. The zero-order chi connectivity index (χ0) is 21.2. The predicted octanol–water partition coefficient (Wildman–Crippen LogP) is 3.90. The fraction of sp³-hybridized carbons (Fsp3) is 0.364. The van der Waals surface area contributed by atoms with Crippen molar-refractivity contribution in [2.24, 2.45) is 11.8 Å². The van der Waals surface area contributed by atoms with Gasteiger partial charge in [0.1, 0.15) is 12.0 Å². The van der Waals surface area contributed by atoms with Gasteiger partial charge in [-0.15, -0.1) is 0 Å². The van der Waals surface area contributed by atoms with Gasteiger partial charge in [0.25, 0.3) is 0 Å². The summed E-state index contributed by atoms with van der Waals surface area (Å²) in [7, 11) is 0. The standard InChI is InChI=1S/C22H23F3N2O2/c1-13-8-10-16(11-9-13)19(15-6-4-3-5-7-15)27-21(29)18-14(2)12-17(22(23,24)25)26-20(18)28/h3-11,14,17-19H,12H2,1-2H3,(H,26,28)(H,27,29). The van der Waals surface area contributed by atoms with Crippen LogP contribution in [0.4, 0.5) is 13.2 Å². The molecular formula is C22H23F3N2O2. The quantitative estimate of drug-likeness (QED) is 0.760. The van der Waals surface area contributed by atoms with Gasteiger partial charge >= 0.3 is 6.18 Å². The summed E-state index contributed by atoms with van der Waals surface area (Å²) in [5.74, 6) is -3.38. The van der Waals surface area contributed by atoms with E-state index >= 15 is 0 Å². The molecule has 0 aliphatic carbocycles. The van der Waals surface area contributed by atoms with Gasteiger partial charge in [-0.25, -0.2) is 0 Å². The summed E-state index contributed by atoms with van der Waals surface area (Å²) in [5.41, 5.74) is 2.71. The molecule has 0 spiro atoms. The lowest BCUT2D eigenvalue weighted by atomic mass is 9.82. The fourth-order valence-corrected chi connectivity index (χ4v) is 3.68. The Bertz CT molecular complexity index is 866. The number of piperidine rings is 1. The highest BCUT2D eigenvalue weighted by Gasteiger charge is 2.49. The summed E-state index contributed by atoms with van der Waals surface area (Å²) in [5, 5.41) is 4.83. The first-order chi connectivity index (χ1) is 13.7. The number of benzene rings is 2. The highest BCUT2D eigenvalue weighted by atomic mass is 19.4. The number of rotatable bonds is 4. The van der Waals surface area contributed by atoms with Crippen LogP contribution in [0.1, 0.15) is 36.1 Å². The maximum Gasteiger partial charge on any atom is 0.408 e. The van der Waals surface area contributed by atoms with Crippen molar-refractivity contribution in [2.75, 3.05) is 0 Å². The van der Waals surface area contributed by atoms with Gasteiger partial charge in [0.2, 0.25) is 11.8 Å². The molecule has 0 saturated carbocycles. The Morgan fingerprint density at radius 1 is 1.07 bits per heavy atom. The molecule has 0 bridgehead atoms. The molecular weight excluding hydrogens is 381 g/mol. The molecule has 3 rings (SSSR count).